The third-order valence-corrected chi connectivity index (χ3v) is 4.25. The summed E-state index contributed by atoms with van der Waals surface area (Å²) in [6, 6.07) is 6.32. The van der Waals surface area contributed by atoms with Gasteiger partial charge in [-0.1, -0.05) is 31.0 Å². The lowest BCUT2D eigenvalue weighted by Gasteiger charge is -2.33. The van der Waals surface area contributed by atoms with Crippen LogP contribution in [0.2, 0.25) is 0 Å². The number of carbonyl (C=O) groups excluding carboxylic acids is 1. The Morgan fingerprint density at radius 3 is 2.43 bits per heavy atom. The average Bonchev–Trinajstić information content (AvgIpc) is 2.95. The van der Waals surface area contributed by atoms with Gasteiger partial charge in [-0.2, -0.15) is 0 Å². The molecule has 5 heteroatoms. The Morgan fingerprint density at radius 1 is 1.29 bits per heavy atom. The van der Waals surface area contributed by atoms with Crippen molar-refractivity contribution in [1.29, 1.82) is 0 Å². The molecule has 114 valence electrons. The minimum absolute atomic E-state index is 0.269. The molecular formula is C16H20FNO3. The molecule has 0 unspecified atom stereocenters. The molecule has 0 bridgehead atoms. The summed E-state index contributed by atoms with van der Waals surface area (Å²) in [6.45, 7) is 1.71. The van der Waals surface area contributed by atoms with Crippen LogP contribution in [0.4, 0.5) is 4.39 Å². The molecular weight excluding hydrogens is 273 g/mol. The molecule has 0 aromatic heterocycles. The summed E-state index contributed by atoms with van der Waals surface area (Å²) in [6.07, 6.45) is 2.85. The molecule has 0 radical (unpaired) electrons. The zero-order chi connectivity index (χ0) is 15.5. The molecule has 1 amide bonds. The van der Waals surface area contributed by atoms with E-state index in [9.17, 15) is 14.0 Å². The maximum Gasteiger partial charge on any atom is 0.323 e. The summed E-state index contributed by atoms with van der Waals surface area (Å²) >= 11 is 0. The lowest BCUT2D eigenvalue weighted by Crippen LogP contribution is -2.47. The van der Waals surface area contributed by atoms with Crippen molar-refractivity contribution in [3.63, 3.8) is 0 Å². The number of carbonyl (C=O) groups is 2. The van der Waals surface area contributed by atoms with Gasteiger partial charge < -0.3 is 10.0 Å². The van der Waals surface area contributed by atoms with Crippen LogP contribution in [-0.4, -0.2) is 35.0 Å². The number of nitrogens with zero attached hydrogens (tertiary/aromatic N) is 1. The Kier molecular flexibility index (Phi) is 4.60. The number of carboxylic acid groups (broad SMARTS) is 1. The SMILES string of the molecule is CCN(CC(=O)O)C(=O)C1(c2ccccc2F)CCCC1. The zero-order valence-electron chi connectivity index (χ0n) is 12.1. The highest BCUT2D eigenvalue weighted by molar-refractivity contribution is 5.90. The van der Waals surface area contributed by atoms with Crippen molar-refractivity contribution < 1.29 is 19.1 Å². The second-order valence-corrected chi connectivity index (χ2v) is 5.48. The van der Waals surface area contributed by atoms with E-state index in [1.807, 2.05) is 0 Å². The van der Waals surface area contributed by atoms with E-state index in [0.717, 1.165) is 12.8 Å². The smallest absolute Gasteiger partial charge is 0.323 e. The molecule has 1 N–H and O–H groups in total. The molecule has 1 aliphatic rings. The van der Waals surface area contributed by atoms with Crippen LogP contribution in [0.5, 0.6) is 0 Å². The third-order valence-electron chi connectivity index (χ3n) is 4.25. The van der Waals surface area contributed by atoms with Gasteiger partial charge in [-0.25, -0.2) is 4.39 Å². The summed E-state index contributed by atoms with van der Waals surface area (Å²) in [5, 5.41) is 8.95. The minimum atomic E-state index is -1.05. The number of halogens is 1. The molecule has 0 spiro atoms. The Labute approximate surface area is 123 Å². The molecule has 21 heavy (non-hydrogen) atoms. The van der Waals surface area contributed by atoms with Crippen molar-refractivity contribution in [3.8, 4) is 0 Å². The quantitative estimate of drug-likeness (QED) is 0.907. The summed E-state index contributed by atoms with van der Waals surface area (Å²) in [7, 11) is 0. The third kappa shape index (κ3) is 2.91. The van der Waals surface area contributed by atoms with E-state index in [0.29, 0.717) is 24.9 Å². The van der Waals surface area contributed by atoms with E-state index < -0.39 is 11.4 Å². The highest BCUT2D eigenvalue weighted by Gasteiger charge is 2.46. The Balaban J connectivity index is 2.40. The van der Waals surface area contributed by atoms with Crippen LogP contribution < -0.4 is 0 Å². The molecule has 0 saturated heterocycles. The van der Waals surface area contributed by atoms with Crippen LogP contribution in [0.25, 0.3) is 0 Å². The van der Waals surface area contributed by atoms with E-state index in [1.54, 1.807) is 25.1 Å². The van der Waals surface area contributed by atoms with Gasteiger partial charge in [0.05, 0.1) is 5.41 Å². The molecule has 2 rings (SSSR count). The first-order valence-corrected chi connectivity index (χ1v) is 7.27. The molecule has 1 fully saturated rings. The van der Waals surface area contributed by atoms with Gasteiger partial charge in [0, 0.05) is 12.1 Å². The van der Waals surface area contributed by atoms with E-state index in [2.05, 4.69) is 0 Å². The number of aliphatic carboxylic acids is 1. The summed E-state index contributed by atoms with van der Waals surface area (Å²) < 4.78 is 14.2. The van der Waals surface area contributed by atoms with Crippen LogP contribution in [0, 0.1) is 5.82 Å². The van der Waals surface area contributed by atoms with Crippen LogP contribution in [0.3, 0.4) is 0 Å². The van der Waals surface area contributed by atoms with Crippen molar-refractivity contribution in [1.82, 2.24) is 4.90 Å². The van der Waals surface area contributed by atoms with E-state index in [-0.39, 0.29) is 18.3 Å². The molecule has 4 nitrogen and oxygen atoms in total. The number of hydrogen-bond donors (Lipinski definition) is 1. The Hall–Kier alpha value is -1.91. The van der Waals surface area contributed by atoms with Crippen molar-refractivity contribution in [3.05, 3.63) is 35.6 Å². The van der Waals surface area contributed by atoms with Crippen LogP contribution >= 0.6 is 0 Å². The molecule has 1 aliphatic carbocycles. The number of amides is 1. The number of carboxylic acids is 1. The molecule has 1 saturated carbocycles. The summed E-state index contributed by atoms with van der Waals surface area (Å²) in [4.78, 5) is 25.1. The maximum absolute atomic E-state index is 14.2. The molecule has 1 aromatic rings. The second-order valence-electron chi connectivity index (χ2n) is 5.48. The first-order valence-electron chi connectivity index (χ1n) is 7.27. The van der Waals surface area contributed by atoms with Gasteiger partial charge in [0.1, 0.15) is 12.4 Å². The predicted molar refractivity (Wildman–Crippen MR) is 76.4 cm³/mol. The molecule has 0 heterocycles. The molecule has 0 aliphatic heterocycles. The monoisotopic (exact) mass is 293 g/mol. The summed E-state index contributed by atoms with van der Waals surface area (Å²) in [5.74, 6) is -1.71. The lowest BCUT2D eigenvalue weighted by molar-refractivity contribution is -0.147. The number of hydrogen-bond acceptors (Lipinski definition) is 2. The molecule has 0 atom stereocenters. The van der Waals surface area contributed by atoms with Gasteiger partial charge in [-0.3, -0.25) is 9.59 Å². The van der Waals surface area contributed by atoms with Gasteiger partial charge in [0.2, 0.25) is 5.91 Å². The Bertz CT molecular complexity index is 538. The second kappa shape index (κ2) is 6.24. The van der Waals surface area contributed by atoms with Crippen molar-refractivity contribution >= 4 is 11.9 Å². The highest BCUT2D eigenvalue weighted by atomic mass is 19.1. The number of rotatable bonds is 5. The van der Waals surface area contributed by atoms with Crippen LogP contribution in [0.15, 0.2) is 24.3 Å². The fourth-order valence-corrected chi connectivity index (χ4v) is 3.22. The fraction of sp³-hybridized carbons (Fsp3) is 0.500. The van der Waals surface area contributed by atoms with E-state index in [4.69, 9.17) is 5.11 Å². The van der Waals surface area contributed by atoms with Gasteiger partial charge in [-0.15, -0.1) is 0 Å². The minimum Gasteiger partial charge on any atom is -0.480 e. The van der Waals surface area contributed by atoms with Gasteiger partial charge in [0.25, 0.3) is 0 Å². The van der Waals surface area contributed by atoms with Crippen LogP contribution in [0.1, 0.15) is 38.2 Å². The van der Waals surface area contributed by atoms with Gasteiger partial charge in [0.15, 0.2) is 0 Å². The number of likely N-dealkylation sites (N-methyl/N-ethyl adjacent to an activating group) is 1. The standard InChI is InChI=1S/C16H20FNO3/c1-2-18(11-14(19)20)15(21)16(9-5-6-10-16)12-7-3-4-8-13(12)17/h3-4,7-8H,2,5-6,9-11H2,1H3,(H,19,20). The zero-order valence-corrected chi connectivity index (χ0v) is 12.1. The normalized spacial score (nSPS) is 16.7. The van der Waals surface area contributed by atoms with Gasteiger partial charge in [-0.05, 0) is 25.8 Å². The van der Waals surface area contributed by atoms with Crippen molar-refractivity contribution in [2.24, 2.45) is 0 Å². The Morgan fingerprint density at radius 2 is 1.90 bits per heavy atom. The van der Waals surface area contributed by atoms with Crippen molar-refractivity contribution in [2.75, 3.05) is 13.1 Å². The first-order chi connectivity index (χ1) is 10.0. The predicted octanol–water partition coefficient (Wildman–Crippen LogP) is 2.57. The average molecular weight is 293 g/mol. The van der Waals surface area contributed by atoms with E-state index >= 15 is 0 Å². The van der Waals surface area contributed by atoms with E-state index in [1.165, 1.54) is 11.0 Å². The summed E-state index contributed by atoms with van der Waals surface area (Å²) in [5.41, 5.74) is -0.507. The van der Waals surface area contributed by atoms with Gasteiger partial charge >= 0.3 is 5.97 Å². The topological polar surface area (TPSA) is 57.6 Å². The highest BCUT2D eigenvalue weighted by Crippen LogP contribution is 2.43. The van der Waals surface area contributed by atoms with Crippen molar-refractivity contribution in [2.45, 2.75) is 38.0 Å². The number of benzene rings is 1. The molecule has 1 aromatic carbocycles. The largest absolute Gasteiger partial charge is 0.480 e. The lowest BCUT2D eigenvalue weighted by atomic mass is 9.77. The maximum atomic E-state index is 14.2. The first kappa shape index (κ1) is 15.5. The van der Waals surface area contributed by atoms with Crippen LogP contribution in [-0.2, 0) is 15.0 Å². The fourth-order valence-electron chi connectivity index (χ4n) is 3.22.